The van der Waals surface area contributed by atoms with Crippen molar-refractivity contribution in [1.29, 1.82) is 0 Å². The van der Waals surface area contributed by atoms with Gasteiger partial charge in [-0.2, -0.15) is 0 Å². The van der Waals surface area contributed by atoms with Crippen LogP contribution in [-0.4, -0.2) is 58.4 Å². The van der Waals surface area contributed by atoms with Gasteiger partial charge in [-0.05, 0) is 11.8 Å². The monoisotopic (exact) mass is 366 g/mol. The smallest absolute Gasteiger partial charge is 0.378 e. The highest BCUT2D eigenvalue weighted by Gasteiger charge is 2.32. The number of hydrogen-bond acceptors (Lipinski definition) is 4. The van der Waals surface area contributed by atoms with Crippen LogP contribution in [0.1, 0.15) is 23.0 Å². The fourth-order valence-electron chi connectivity index (χ4n) is 2.50. The number of halogens is 2. The average Bonchev–Trinajstić information content (AvgIpc) is 2.75. The number of quaternary nitrogens is 1. The SMILES string of the molecule is CCOC(=O)c1cc(C[N+](C)(CCCl)CCCl)c([N+](=O)[O-])n1C. The molecule has 0 atom stereocenters. The molecule has 0 aromatic carbocycles. The Kier molecular flexibility index (Phi) is 7.31. The van der Waals surface area contributed by atoms with Crippen molar-refractivity contribution in [3.05, 3.63) is 27.4 Å². The van der Waals surface area contributed by atoms with Gasteiger partial charge in [0.1, 0.15) is 12.1 Å². The molecular formula is C14H22Cl2N3O4+. The highest BCUT2D eigenvalue weighted by Crippen LogP contribution is 2.27. The zero-order chi connectivity index (χ0) is 17.6. The molecule has 0 N–H and O–H groups in total. The molecule has 1 aromatic rings. The lowest BCUT2D eigenvalue weighted by atomic mass is 10.2. The average molecular weight is 367 g/mol. The van der Waals surface area contributed by atoms with Crippen molar-refractivity contribution in [1.82, 2.24) is 4.57 Å². The summed E-state index contributed by atoms with van der Waals surface area (Å²) >= 11 is 11.7. The number of alkyl halides is 2. The van der Waals surface area contributed by atoms with Crippen molar-refractivity contribution >= 4 is 35.0 Å². The van der Waals surface area contributed by atoms with Crippen LogP contribution in [0.4, 0.5) is 5.82 Å². The number of nitrogens with zero attached hydrogens (tertiary/aromatic N) is 3. The molecule has 1 rings (SSSR count). The number of esters is 1. The first-order chi connectivity index (χ1) is 10.8. The van der Waals surface area contributed by atoms with Crippen LogP contribution < -0.4 is 0 Å². The molecule has 0 amide bonds. The van der Waals surface area contributed by atoms with E-state index >= 15 is 0 Å². The van der Waals surface area contributed by atoms with E-state index in [-0.39, 0.29) is 18.1 Å². The van der Waals surface area contributed by atoms with E-state index in [2.05, 4.69) is 0 Å². The van der Waals surface area contributed by atoms with Gasteiger partial charge < -0.3 is 19.3 Å². The van der Waals surface area contributed by atoms with Crippen molar-refractivity contribution in [2.75, 3.05) is 38.5 Å². The van der Waals surface area contributed by atoms with Gasteiger partial charge in [-0.15, -0.1) is 23.2 Å². The molecule has 9 heteroatoms. The molecule has 0 radical (unpaired) electrons. The number of ether oxygens (including phenoxy) is 1. The molecule has 23 heavy (non-hydrogen) atoms. The number of rotatable bonds is 9. The van der Waals surface area contributed by atoms with Crippen molar-refractivity contribution in [2.45, 2.75) is 13.5 Å². The Labute approximate surface area is 145 Å². The third-order valence-corrected chi connectivity index (χ3v) is 4.07. The Bertz CT molecular complexity index is 569. The number of nitro groups is 1. The lowest BCUT2D eigenvalue weighted by molar-refractivity contribution is -0.918. The second-order valence-corrected chi connectivity index (χ2v) is 6.27. The minimum absolute atomic E-state index is 0.110. The van der Waals surface area contributed by atoms with Crippen LogP contribution in [0.3, 0.4) is 0 Å². The molecule has 7 nitrogen and oxygen atoms in total. The number of hydrogen-bond donors (Lipinski definition) is 0. The van der Waals surface area contributed by atoms with E-state index in [9.17, 15) is 14.9 Å². The van der Waals surface area contributed by atoms with Gasteiger partial charge in [0.15, 0.2) is 0 Å². The van der Waals surface area contributed by atoms with Gasteiger partial charge in [0.25, 0.3) is 0 Å². The topological polar surface area (TPSA) is 74.4 Å². The Hall–Kier alpha value is -1.31. The molecule has 0 fully saturated rings. The molecule has 0 bridgehead atoms. The van der Waals surface area contributed by atoms with Crippen LogP contribution in [0, 0.1) is 10.1 Å². The maximum Gasteiger partial charge on any atom is 0.378 e. The number of carbonyl (C=O) groups is 1. The first-order valence-corrected chi connectivity index (χ1v) is 8.32. The molecule has 130 valence electrons. The summed E-state index contributed by atoms with van der Waals surface area (Å²) in [6.45, 7) is 3.50. The molecule has 0 unspecified atom stereocenters. The maximum absolute atomic E-state index is 12.0. The molecule has 1 heterocycles. The highest BCUT2D eigenvalue weighted by molar-refractivity contribution is 6.18. The summed E-state index contributed by atoms with van der Waals surface area (Å²) < 4.78 is 6.67. The summed E-state index contributed by atoms with van der Waals surface area (Å²) in [4.78, 5) is 22.9. The molecule has 0 aliphatic carbocycles. The van der Waals surface area contributed by atoms with Gasteiger partial charge in [0.2, 0.25) is 5.69 Å². The molecule has 1 aromatic heterocycles. The molecule has 0 saturated heterocycles. The molecule has 0 spiro atoms. The quantitative estimate of drug-likeness (QED) is 0.221. The van der Waals surface area contributed by atoms with E-state index < -0.39 is 10.9 Å². The van der Waals surface area contributed by atoms with Gasteiger partial charge in [-0.1, -0.05) is 0 Å². The first kappa shape index (κ1) is 19.7. The maximum atomic E-state index is 12.0. The van der Waals surface area contributed by atoms with Crippen molar-refractivity contribution < 1.29 is 18.9 Å². The highest BCUT2D eigenvalue weighted by atomic mass is 35.5. The Morgan fingerprint density at radius 3 is 2.39 bits per heavy atom. The van der Waals surface area contributed by atoms with Crippen molar-refractivity contribution in [3.8, 4) is 0 Å². The van der Waals surface area contributed by atoms with E-state index in [4.69, 9.17) is 27.9 Å². The van der Waals surface area contributed by atoms with Crippen LogP contribution in [0.5, 0.6) is 0 Å². The van der Waals surface area contributed by atoms with Gasteiger partial charge >= 0.3 is 11.8 Å². The van der Waals surface area contributed by atoms with Crippen LogP contribution >= 0.6 is 23.2 Å². The Morgan fingerprint density at radius 2 is 1.96 bits per heavy atom. The Balaban J connectivity index is 3.26. The normalized spacial score (nSPS) is 11.5. The fourth-order valence-corrected chi connectivity index (χ4v) is 3.32. The first-order valence-electron chi connectivity index (χ1n) is 7.25. The lowest BCUT2D eigenvalue weighted by Crippen LogP contribution is -2.46. The van der Waals surface area contributed by atoms with Gasteiger partial charge in [0, 0.05) is 6.07 Å². The second kappa shape index (κ2) is 8.52. The summed E-state index contributed by atoms with van der Waals surface area (Å²) in [5.41, 5.74) is 0.634. The number of aromatic nitrogens is 1. The zero-order valence-corrected chi connectivity index (χ0v) is 15.1. The van der Waals surface area contributed by atoms with Crippen LogP contribution in [0.15, 0.2) is 6.07 Å². The van der Waals surface area contributed by atoms with E-state index in [1.165, 1.54) is 17.7 Å². The van der Waals surface area contributed by atoms with Crippen LogP contribution in [0.25, 0.3) is 0 Å². The molecule has 0 aliphatic rings. The summed E-state index contributed by atoms with van der Waals surface area (Å²) in [5.74, 6) is 0.145. The Morgan fingerprint density at radius 1 is 1.39 bits per heavy atom. The summed E-state index contributed by atoms with van der Waals surface area (Å²) in [7, 11) is 3.42. The lowest BCUT2D eigenvalue weighted by Gasteiger charge is -2.32. The van der Waals surface area contributed by atoms with E-state index in [0.717, 1.165) is 0 Å². The molecular weight excluding hydrogens is 345 g/mol. The van der Waals surface area contributed by atoms with Gasteiger partial charge in [-0.3, -0.25) is 0 Å². The third-order valence-electron chi connectivity index (χ3n) is 3.74. The van der Waals surface area contributed by atoms with Crippen LogP contribution in [-0.2, 0) is 18.3 Å². The van der Waals surface area contributed by atoms with Crippen molar-refractivity contribution in [2.24, 2.45) is 7.05 Å². The van der Waals surface area contributed by atoms with Gasteiger partial charge in [0.05, 0.1) is 45.6 Å². The predicted molar refractivity (Wildman–Crippen MR) is 89.1 cm³/mol. The predicted octanol–water partition coefficient (Wildman–Crippen LogP) is 2.53. The fraction of sp³-hybridized carbons (Fsp3) is 0.643. The van der Waals surface area contributed by atoms with E-state index in [0.29, 0.717) is 41.4 Å². The third kappa shape index (κ3) is 4.83. The minimum atomic E-state index is -0.576. The van der Waals surface area contributed by atoms with E-state index in [1.807, 2.05) is 7.05 Å². The summed E-state index contributed by atoms with van der Waals surface area (Å²) in [6.07, 6.45) is 0. The summed E-state index contributed by atoms with van der Waals surface area (Å²) in [6, 6.07) is 1.52. The zero-order valence-electron chi connectivity index (χ0n) is 13.6. The van der Waals surface area contributed by atoms with Gasteiger partial charge in [-0.25, -0.2) is 9.36 Å². The van der Waals surface area contributed by atoms with E-state index in [1.54, 1.807) is 6.92 Å². The standard InChI is InChI=1S/C14H22Cl2N3O4/c1-4-23-14(20)12-9-11(13(17(12)2)18(21)22)10-19(3,7-5-15)8-6-16/h9H,4-8,10H2,1-3H3/q+1. The van der Waals surface area contributed by atoms with Crippen molar-refractivity contribution in [3.63, 3.8) is 0 Å². The molecule has 0 saturated carbocycles. The minimum Gasteiger partial charge on any atom is -0.460 e. The summed E-state index contributed by atoms with van der Waals surface area (Å²) in [5, 5.41) is 11.4. The van der Waals surface area contributed by atoms with Crippen LogP contribution in [0.2, 0.25) is 0 Å². The second-order valence-electron chi connectivity index (χ2n) is 5.52. The number of carbonyl (C=O) groups excluding carboxylic acids is 1. The largest absolute Gasteiger partial charge is 0.460 e. The molecule has 0 aliphatic heterocycles.